The Morgan fingerprint density at radius 1 is 0.875 bits per heavy atom. The van der Waals surface area contributed by atoms with Gasteiger partial charge in [-0.25, -0.2) is 4.98 Å². The molecule has 0 amide bonds. The molecule has 1 aromatic heterocycles. The van der Waals surface area contributed by atoms with Gasteiger partial charge in [0, 0.05) is 10.8 Å². The van der Waals surface area contributed by atoms with Crippen molar-refractivity contribution in [3.05, 3.63) is 60.7 Å². The fraction of sp³-hybridized carbons (Fsp3) is 0. The summed E-state index contributed by atoms with van der Waals surface area (Å²) < 4.78 is 0. The standard InChI is InChI=1S/C15H11N/c1-2-11-7-8-13-10-12-5-3-4-6-14(12)16-15(13)9-11/h2-10H,1H2. The van der Waals surface area contributed by atoms with Gasteiger partial charge in [0.25, 0.3) is 0 Å². The van der Waals surface area contributed by atoms with Crippen LogP contribution in [-0.4, -0.2) is 4.98 Å². The highest BCUT2D eigenvalue weighted by atomic mass is 14.7. The van der Waals surface area contributed by atoms with Crippen LogP contribution in [0.4, 0.5) is 0 Å². The Morgan fingerprint density at radius 3 is 2.56 bits per heavy atom. The van der Waals surface area contributed by atoms with Gasteiger partial charge in [0.05, 0.1) is 11.0 Å². The van der Waals surface area contributed by atoms with Gasteiger partial charge in [-0.05, 0) is 23.8 Å². The molecule has 0 aliphatic rings. The zero-order valence-corrected chi connectivity index (χ0v) is 8.85. The number of hydrogen-bond donors (Lipinski definition) is 0. The van der Waals surface area contributed by atoms with E-state index < -0.39 is 0 Å². The Balaban J connectivity index is 2.41. The second-order valence-electron chi connectivity index (χ2n) is 3.84. The molecule has 1 nitrogen and oxygen atoms in total. The summed E-state index contributed by atoms with van der Waals surface area (Å²) in [6.07, 6.45) is 1.84. The van der Waals surface area contributed by atoms with Crippen LogP contribution >= 0.6 is 0 Å². The van der Waals surface area contributed by atoms with Crippen LogP contribution in [0.25, 0.3) is 27.9 Å². The van der Waals surface area contributed by atoms with Gasteiger partial charge in [-0.2, -0.15) is 0 Å². The molecule has 0 aliphatic carbocycles. The van der Waals surface area contributed by atoms with Gasteiger partial charge < -0.3 is 0 Å². The first kappa shape index (κ1) is 9.10. The summed E-state index contributed by atoms with van der Waals surface area (Å²) in [4.78, 5) is 4.64. The largest absolute Gasteiger partial charge is 0.248 e. The molecular weight excluding hydrogens is 194 g/mol. The van der Waals surface area contributed by atoms with Crippen LogP contribution in [0.15, 0.2) is 55.1 Å². The lowest BCUT2D eigenvalue weighted by Crippen LogP contribution is -1.82. The number of hydrogen-bond acceptors (Lipinski definition) is 1. The molecule has 76 valence electrons. The zero-order valence-electron chi connectivity index (χ0n) is 8.85. The SMILES string of the molecule is C=Cc1ccc2cc3ccccc3nc2c1. The molecule has 3 rings (SSSR count). The van der Waals surface area contributed by atoms with Gasteiger partial charge in [0.15, 0.2) is 0 Å². The lowest BCUT2D eigenvalue weighted by Gasteiger charge is -2.02. The Bertz CT molecular complexity index is 683. The van der Waals surface area contributed by atoms with Gasteiger partial charge >= 0.3 is 0 Å². The molecule has 16 heavy (non-hydrogen) atoms. The van der Waals surface area contributed by atoms with Crippen LogP contribution in [0.2, 0.25) is 0 Å². The molecule has 0 fully saturated rings. The maximum Gasteiger partial charge on any atom is 0.0715 e. The van der Waals surface area contributed by atoms with E-state index in [1.165, 1.54) is 10.8 Å². The second kappa shape index (κ2) is 3.46. The highest BCUT2D eigenvalue weighted by molar-refractivity contribution is 5.93. The first-order valence-corrected chi connectivity index (χ1v) is 5.29. The monoisotopic (exact) mass is 205 g/mol. The van der Waals surface area contributed by atoms with Crippen LogP contribution in [0.3, 0.4) is 0 Å². The molecular formula is C15H11N. The minimum atomic E-state index is 1.02. The van der Waals surface area contributed by atoms with Crippen molar-refractivity contribution in [2.45, 2.75) is 0 Å². The van der Waals surface area contributed by atoms with Crippen molar-refractivity contribution < 1.29 is 0 Å². The molecule has 1 heterocycles. The average molecular weight is 205 g/mol. The van der Waals surface area contributed by atoms with Crippen molar-refractivity contribution in [3.8, 4) is 0 Å². The van der Waals surface area contributed by atoms with E-state index in [9.17, 15) is 0 Å². The van der Waals surface area contributed by atoms with Crippen molar-refractivity contribution in [1.29, 1.82) is 0 Å². The number of benzene rings is 2. The summed E-state index contributed by atoms with van der Waals surface area (Å²) in [5.41, 5.74) is 3.17. The smallest absolute Gasteiger partial charge is 0.0715 e. The number of fused-ring (bicyclic) bond motifs is 2. The summed E-state index contributed by atoms with van der Waals surface area (Å²) in [7, 11) is 0. The van der Waals surface area contributed by atoms with Gasteiger partial charge in [0.1, 0.15) is 0 Å². The minimum Gasteiger partial charge on any atom is -0.248 e. The maximum absolute atomic E-state index is 4.64. The van der Waals surface area contributed by atoms with Crippen LogP contribution in [0.5, 0.6) is 0 Å². The van der Waals surface area contributed by atoms with Crippen molar-refractivity contribution in [2.24, 2.45) is 0 Å². The Hall–Kier alpha value is -2.15. The van der Waals surface area contributed by atoms with Crippen LogP contribution in [0.1, 0.15) is 5.56 Å². The summed E-state index contributed by atoms with van der Waals surface area (Å²) in [5, 5.41) is 2.35. The predicted molar refractivity (Wildman–Crippen MR) is 69.3 cm³/mol. The fourth-order valence-corrected chi connectivity index (χ4v) is 1.92. The van der Waals surface area contributed by atoms with Crippen molar-refractivity contribution in [2.75, 3.05) is 0 Å². The third-order valence-corrected chi connectivity index (χ3v) is 2.78. The van der Waals surface area contributed by atoms with E-state index in [0.29, 0.717) is 0 Å². The first-order chi connectivity index (χ1) is 7.86. The Labute approximate surface area is 94.1 Å². The predicted octanol–water partition coefficient (Wildman–Crippen LogP) is 4.03. The maximum atomic E-state index is 4.64. The lowest BCUT2D eigenvalue weighted by molar-refractivity contribution is 1.49. The highest BCUT2D eigenvalue weighted by Crippen LogP contribution is 2.20. The summed E-state index contributed by atoms with van der Waals surface area (Å²) in [5.74, 6) is 0. The Morgan fingerprint density at radius 2 is 1.69 bits per heavy atom. The van der Waals surface area contributed by atoms with E-state index in [1.54, 1.807) is 0 Å². The van der Waals surface area contributed by atoms with Crippen molar-refractivity contribution in [1.82, 2.24) is 4.98 Å². The molecule has 0 saturated carbocycles. The zero-order chi connectivity index (χ0) is 11.0. The second-order valence-corrected chi connectivity index (χ2v) is 3.84. The molecule has 0 bridgehead atoms. The number of aromatic nitrogens is 1. The minimum absolute atomic E-state index is 1.02. The molecule has 0 saturated heterocycles. The van der Waals surface area contributed by atoms with Crippen molar-refractivity contribution >= 4 is 27.9 Å². The van der Waals surface area contributed by atoms with Gasteiger partial charge in [-0.1, -0.05) is 43.0 Å². The average Bonchev–Trinajstić information content (AvgIpc) is 2.35. The fourth-order valence-electron chi connectivity index (χ4n) is 1.92. The van der Waals surface area contributed by atoms with Crippen LogP contribution in [-0.2, 0) is 0 Å². The van der Waals surface area contributed by atoms with E-state index in [0.717, 1.165) is 16.6 Å². The summed E-state index contributed by atoms with van der Waals surface area (Å²) >= 11 is 0. The van der Waals surface area contributed by atoms with E-state index in [2.05, 4.69) is 41.9 Å². The summed E-state index contributed by atoms with van der Waals surface area (Å²) in [6, 6.07) is 16.6. The Kier molecular flexibility index (Phi) is 1.97. The van der Waals surface area contributed by atoms with Gasteiger partial charge in [0.2, 0.25) is 0 Å². The highest BCUT2D eigenvalue weighted by Gasteiger charge is 1.99. The van der Waals surface area contributed by atoms with E-state index in [1.807, 2.05) is 24.3 Å². The number of rotatable bonds is 1. The molecule has 2 aromatic carbocycles. The quantitative estimate of drug-likeness (QED) is 0.546. The third-order valence-electron chi connectivity index (χ3n) is 2.78. The molecule has 3 aromatic rings. The van der Waals surface area contributed by atoms with Gasteiger partial charge in [-0.15, -0.1) is 0 Å². The molecule has 1 heteroatoms. The molecule has 0 unspecified atom stereocenters. The first-order valence-electron chi connectivity index (χ1n) is 5.29. The molecule has 0 atom stereocenters. The number of para-hydroxylation sites is 1. The molecule has 0 radical (unpaired) electrons. The number of nitrogens with zero attached hydrogens (tertiary/aromatic N) is 1. The van der Waals surface area contributed by atoms with Crippen LogP contribution < -0.4 is 0 Å². The van der Waals surface area contributed by atoms with E-state index in [4.69, 9.17) is 0 Å². The topological polar surface area (TPSA) is 12.9 Å². The van der Waals surface area contributed by atoms with Crippen LogP contribution in [0, 0.1) is 0 Å². The third kappa shape index (κ3) is 1.38. The summed E-state index contributed by atoms with van der Waals surface area (Å²) in [6.45, 7) is 3.77. The van der Waals surface area contributed by atoms with E-state index >= 15 is 0 Å². The van der Waals surface area contributed by atoms with Crippen molar-refractivity contribution in [3.63, 3.8) is 0 Å². The van der Waals surface area contributed by atoms with Gasteiger partial charge in [-0.3, -0.25) is 0 Å². The number of pyridine rings is 1. The van der Waals surface area contributed by atoms with E-state index in [-0.39, 0.29) is 0 Å². The molecule has 0 N–H and O–H groups in total. The molecule has 0 aliphatic heterocycles. The normalized spacial score (nSPS) is 10.8. The molecule has 0 spiro atoms. The lowest BCUT2D eigenvalue weighted by atomic mass is 10.1.